The Morgan fingerprint density at radius 3 is 2.56 bits per heavy atom. The molecule has 0 aliphatic carbocycles. The maximum Gasteiger partial charge on any atom is 0.240 e. The van der Waals surface area contributed by atoms with Gasteiger partial charge in [0.2, 0.25) is 15.9 Å². The van der Waals surface area contributed by atoms with Gasteiger partial charge in [0.05, 0.1) is 22.0 Å². The summed E-state index contributed by atoms with van der Waals surface area (Å²) in [5.41, 5.74) is 0.805. The average Bonchev–Trinajstić information content (AvgIpc) is 3.01. The van der Waals surface area contributed by atoms with Crippen molar-refractivity contribution in [2.75, 3.05) is 13.1 Å². The lowest BCUT2D eigenvalue weighted by Gasteiger charge is -2.32. The van der Waals surface area contributed by atoms with Crippen molar-refractivity contribution in [2.45, 2.75) is 37.1 Å². The monoisotopic (exact) mass is 379 g/mol. The van der Waals surface area contributed by atoms with E-state index in [2.05, 4.69) is 9.71 Å². The molecule has 3 rings (SSSR count). The van der Waals surface area contributed by atoms with Crippen LogP contribution in [-0.2, 0) is 21.2 Å². The van der Waals surface area contributed by atoms with E-state index in [9.17, 15) is 13.2 Å². The Labute approximate surface area is 151 Å². The third-order valence-corrected chi connectivity index (χ3v) is 6.58. The maximum absolute atomic E-state index is 12.4. The van der Waals surface area contributed by atoms with Gasteiger partial charge in [-0.3, -0.25) is 4.79 Å². The first-order valence-corrected chi connectivity index (χ1v) is 10.6. The number of aromatic nitrogens is 1. The van der Waals surface area contributed by atoms with Crippen molar-refractivity contribution in [3.8, 4) is 0 Å². The van der Waals surface area contributed by atoms with E-state index in [1.54, 1.807) is 35.2 Å². The van der Waals surface area contributed by atoms with Gasteiger partial charge in [0, 0.05) is 24.5 Å². The van der Waals surface area contributed by atoms with E-state index in [4.69, 9.17) is 0 Å². The van der Waals surface area contributed by atoms with Gasteiger partial charge >= 0.3 is 0 Å². The summed E-state index contributed by atoms with van der Waals surface area (Å²) in [5, 5.41) is 2.87. The van der Waals surface area contributed by atoms with Crippen LogP contribution in [0.1, 0.15) is 23.5 Å². The Balaban J connectivity index is 1.52. The molecule has 1 saturated heterocycles. The van der Waals surface area contributed by atoms with Crippen LogP contribution in [0.2, 0.25) is 0 Å². The molecule has 25 heavy (non-hydrogen) atoms. The second-order valence-electron chi connectivity index (χ2n) is 6.12. The molecule has 1 amide bonds. The first-order valence-electron chi connectivity index (χ1n) is 8.20. The fourth-order valence-electron chi connectivity index (χ4n) is 2.89. The van der Waals surface area contributed by atoms with Gasteiger partial charge in [-0.05, 0) is 31.9 Å². The largest absolute Gasteiger partial charge is 0.342 e. The molecule has 1 fully saturated rings. The molecule has 2 heterocycles. The van der Waals surface area contributed by atoms with Crippen LogP contribution in [0.15, 0.2) is 40.6 Å². The highest BCUT2D eigenvalue weighted by atomic mass is 32.2. The molecule has 0 atom stereocenters. The van der Waals surface area contributed by atoms with Gasteiger partial charge in [-0.15, -0.1) is 11.3 Å². The predicted molar refractivity (Wildman–Crippen MR) is 96.9 cm³/mol. The zero-order valence-corrected chi connectivity index (χ0v) is 15.6. The Morgan fingerprint density at radius 1 is 1.28 bits per heavy atom. The normalized spacial score (nSPS) is 16.1. The molecule has 1 N–H and O–H groups in total. The molecule has 0 spiro atoms. The Hall–Kier alpha value is -1.77. The van der Waals surface area contributed by atoms with E-state index in [1.807, 2.05) is 12.3 Å². The summed E-state index contributed by atoms with van der Waals surface area (Å²) < 4.78 is 27.5. The van der Waals surface area contributed by atoms with Gasteiger partial charge in [0.15, 0.2) is 0 Å². The summed E-state index contributed by atoms with van der Waals surface area (Å²) >= 11 is 1.54. The Morgan fingerprint density at radius 2 is 1.96 bits per heavy atom. The van der Waals surface area contributed by atoms with E-state index < -0.39 is 10.0 Å². The quantitative estimate of drug-likeness (QED) is 0.861. The van der Waals surface area contributed by atoms with Gasteiger partial charge in [0.1, 0.15) is 0 Å². The highest BCUT2D eigenvalue weighted by Crippen LogP contribution is 2.16. The Kier molecular flexibility index (Phi) is 5.51. The number of carbonyl (C=O) groups is 1. The van der Waals surface area contributed by atoms with Crippen LogP contribution in [0.3, 0.4) is 0 Å². The zero-order chi connectivity index (χ0) is 17.9. The fraction of sp³-hybridized carbons (Fsp3) is 0.412. The first-order chi connectivity index (χ1) is 11.9. The third-order valence-electron chi connectivity index (χ3n) is 4.22. The van der Waals surface area contributed by atoms with Crippen LogP contribution < -0.4 is 4.72 Å². The number of piperidine rings is 1. The highest BCUT2D eigenvalue weighted by Gasteiger charge is 2.26. The molecule has 1 aliphatic heterocycles. The SMILES string of the molecule is Cc1nc(CC(=O)N2CCC(NS(=O)(=O)c3ccccc3)CC2)cs1. The van der Waals surface area contributed by atoms with Crippen molar-refractivity contribution in [3.63, 3.8) is 0 Å². The number of sulfonamides is 1. The molecule has 0 saturated carbocycles. The predicted octanol–water partition coefficient (Wildman–Crippen LogP) is 1.96. The minimum Gasteiger partial charge on any atom is -0.342 e. The molecule has 134 valence electrons. The zero-order valence-electron chi connectivity index (χ0n) is 14.0. The van der Waals surface area contributed by atoms with Crippen LogP contribution in [0.4, 0.5) is 0 Å². The number of hydrogen-bond donors (Lipinski definition) is 1. The number of thiazole rings is 1. The summed E-state index contributed by atoms with van der Waals surface area (Å²) in [5.74, 6) is 0.0506. The smallest absolute Gasteiger partial charge is 0.240 e. The van der Waals surface area contributed by atoms with E-state index in [0.29, 0.717) is 32.4 Å². The number of nitrogens with one attached hydrogen (secondary N) is 1. The molecule has 2 aromatic rings. The van der Waals surface area contributed by atoms with Crippen LogP contribution in [0, 0.1) is 6.92 Å². The van der Waals surface area contributed by atoms with E-state index in [-0.39, 0.29) is 16.8 Å². The first kappa shape index (κ1) is 18.0. The number of hydrogen-bond acceptors (Lipinski definition) is 5. The number of aryl methyl sites for hydroxylation is 1. The number of rotatable bonds is 5. The average molecular weight is 380 g/mol. The highest BCUT2D eigenvalue weighted by molar-refractivity contribution is 7.89. The van der Waals surface area contributed by atoms with Crippen molar-refractivity contribution < 1.29 is 13.2 Å². The van der Waals surface area contributed by atoms with Crippen molar-refractivity contribution in [3.05, 3.63) is 46.4 Å². The summed E-state index contributed by atoms with van der Waals surface area (Å²) in [4.78, 5) is 18.7. The topological polar surface area (TPSA) is 79.4 Å². The lowest BCUT2D eigenvalue weighted by atomic mass is 10.1. The van der Waals surface area contributed by atoms with E-state index in [0.717, 1.165) is 10.7 Å². The van der Waals surface area contributed by atoms with Crippen molar-refractivity contribution in [1.29, 1.82) is 0 Å². The van der Waals surface area contributed by atoms with Gasteiger partial charge in [-0.2, -0.15) is 0 Å². The number of likely N-dealkylation sites (tertiary alicyclic amines) is 1. The minimum atomic E-state index is -3.51. The van der Waals surface area contributed by atoms with E-state index >= 15 is 0 Å². The number of benzene rings is 1. The molecule has 8 heteroatoms. The van der Waals surface area contributed by atoms with Crippen molar-refractivity contribution >= 4 is 27.3 Å². The van der Waals surface area contributed by atoms with Crippen molar-refractivity contribution in [2.24, 2.45) is 0 Å². The molecular weight excluding hydrogens is 358 g/mol. The summed E-state index contributed by atoms with van der Waals surface area (Å²) in [6, 6.07) is 8.21. The number of nitrogens with zero attached hydrogens (tertiary/aromatic N) is 2. The molecular formula is C17H21N3O3S2. The molecule has 1 aromatic heterocycles. The van der Waals surface area contributed by atoms with Crippen LogP contribution >= 0.6 is 11.3 Å². The minimum absolute atomic E-state index is 0.0506. The summed E-state index contributed by atoms with van der Waals surface area (Å²) in [6.07, 6.45) is 1.55. The summed E-state index contributed by atoms with van der Waals surface area (Å²) in [6.45, 7) is 3.04. The summed E-state index contributed by atoms with van der Waals surface area (Å²) in [7, 11) is -3.51. The molecule has 0 unspecified atom stereocenters. The standard InChI is InChI=1S/C17H21N3O3S2/c1-13-18-15(12-24-13)11-17(21)20-9-7-14(8-10-20)19-25(22,23)16-5-3-2-4-6-16/h2-6,12,14,19H,7-11H2,1H3. The maximum atomic E-state index is 12.4. The van der Waals surface area contributed by atoms with E-state index in [1.165, 1.54) is 11.3 Å². The lowest BCUT2D eigenvalue weighted by Crippen LogP contribution is -2.46. The molecule has 1 aromatic carbocycles. The van der Waals surface area contributed by atoms with Crippen LogP contribution in [0.25, 0.3) is 0 Å². The fourth-order valence-corrected chi connectivity index (χ4v) is 4.83. The number of carbonyl (C=O) groups excluding carboxylic acids is 1. The van der Waals surface area contributed by atoms with Crippen LogP contribution in [-0.4, -0.2) is 43.3 Å². The van der Waals surface area contributed by atoms with Gasteiger partial charge in [-0.25, -0.2) is 18.1 Å². The van der Waals surface area contributed by atoms with Gasteiger partial charge < -0.3 is 4.90 Å². The molecule has 1 aliphatic rings. The second-order valence-corrected chi connectivity index (χ2v) is 8.90. The Bertz CT molecular complexity index is 826. The molecule has 0 radical (unpaired) electrons. The van der Waals surface area contributed by atoms with Crippen LogP contribution in [0.5, 0.6) is 0 Å². The lowest BCUT2D eigenvalue weighted by molar-refractivity contribution is -0.131. The number of amides is 1. The second kappa shape index (κ2) is 7.63. The van der Waals surface area contributed by atoms with Crippen molar-refractivity contribution in [1.82, 2.24) is 14.6 Å². The molecule has 6 nitrogen and oxygen atoms in total. The van der Waals surface area contributed by atoms with Gasteiger partial charge in [-0.1, -0.05) is 18.2 Å². The van der Waals surface area contributed by atoms with Gasteiger partial charge in [0.25, 0.3) is 0 Å². The molecule has 0 bridgehead atoms. The third kappa shape index (κ3) is 4.65.